The molecule has 0 unspecified atom stereocenters. The first-order valence-electron chi connectivity index (χ1n) is 3.26. The number of carbonyl (C=O) groups excluding carboxylic acids is 1. The Bertz CT molecular complexity index is 126. The molecule has 0 radical (unpaired) electrons. The summed E-state index contributed by atoms with van der Waals surface area (Å²) < 4.78 is 5.06. The standard InChI is InChI=1S/C6H10ClNO2.ClH/c7-5-6(9)8-1-3-10-4-2-8;/h1-5H2;1H. The van der Waals surface area contributed by atoms with E-state index in [4.69, 9.17) is 16.3 Å². The van der Waals surface area contributed by atoms with E-state index in [1.54, 1.807) is 4.90 Å². The zero-order chi connectivity index (χ0) is 7.40. The van der Waals surface area contributed by atoms with Crippen molar-refractivity contribution in [2.24, 2.45) is 0 Å². The molecule has 0 aromatic heterocycles. The van der Waals surface area contributed by atoms with Gasteiger partial charge in [-0.05, 0) is 0 Å². The van der Waals surface area contributed by atoms with Crippen molar-refractivity contribution in [2.75, 3.05) is 32.2 Å². The van der Waals surface area contributed by atoms with Crippen LogP contribution in [-0.2, 0) is 9.53 Å². The second kappa shape index (κ2) is 5.63. The Balaban J connectivity index is 0.000001000. The smallest absolute Gasteiger partial charge is 0.237 e. The average molecular weight is 200 g/mol. The van der Waals surface area contributed by atoms with Crippen LogP contribution in [0.2, 0.25) is 0 Å². The topological polar surface area (TPSA) is 29.5 Å². The molecule has 1 aliphatic heterocycles. The minimum atomic E-state index is 0. The number of ether oxygens (including phenoxy) is 1. The highest BCUT2D eigenvalue weighted by atomic mass is 35.5. The van der Waals surface area contributed by atoms with Crippen LogP contribution >= 0.6 is 24.0 Å². The number of amides is 1. The third-order valence-electron chi connectivity index (χ3n) is 1.48. The maximum absolute atomic E-state index is 10.9. The van der Waals surface area contributed by atoms with E-state index in [0.717, 1.165) is 0 Å². The van der Waals surface area contributed by atoms with Gasteiger partial charge >= 0.3 is 0 Å². The molecule has 0 spiro atoms. The zero-order valence-electron chi connectivity index (χ0n) is 6.09. The molecule has 0 atom stereocenters. The average Bonchev–Trinajstić information content (AvgIpc) is 2.05. The zero-order valence-corrected chi connectivity index (χ0v) is 7.66. The van der Waals surface area contributed by atoms with Crippen molar-refractivity contribution < 1.29 is 9.53 Å². The van der Waals surface area contributed by atoms with Gasteiger partial charge in [-0.1, -0.05) is 0 Å². The Kier molecular flexibility index (Phi) is 5.64. The fourth-order valence-electron chi connectivity index (χ4n) is 0.897. The van der Waals surface area contributed by atoms with Crippen molar-refractivity contribution in [1.82, 2.24) is 4.90 Å². The lowest BCUT2D eigenvalue weighted by molar-refractivity contribution is -0.132. The maximum atomic E-state index is 10.9. The third-order valence-corrected chi connectivity index (χ3v) is 1.71. The van der Waals surface area contributed by atoms with E-state index in [2.05, 4.69) is 0 Å². The fraction of sp³-hybridized carbons (Fsp3) is 0.833. The lowest BCUT2D eigenvalue weighted by Crippen LogP contribution is -2.41. The van der Waals surface area contributed by atoms with Crippen molar-refractivity contribution in [3.05, 3.63) is 0 Å². The molecule has 1 amide bonds. The van der Waals surface area contributed by atoms with Gasteiger partial charge in [0.25, 0.3) is 0 Å². The molecule has 1 aliphatic rings. The van der Waals surface area contributed by atoms with Gasteiger partial charge in [-0.15, -0.1) is 24.0 Å². The van der Waals surface area contributed by atoms with Crippen molar-refractivity contribution >= 4 is 29.9 Å². The van der Waals surface area contributed by atoms with Crippen molar-refractivity contribution in [2.45, 2.75) is 0 Å². The predicted octanol–water partition coefficient (Wildman–Crippen LogP) is 0.506. The van der Waals surface area contributed by atoms with Gasteiger partial charge in [-0.3, -0.25) is 4.79 Å². The van der Waals surface area contributed by atoms with Crippen LogP contribution in [0.5, 0.6) is 0 Å². The molecule has 66 valence electrons. The lowest BCUT2D eigenvalue weighted by Gasteiger charge is -2.25. The van der Waals surface area contributed by atoms with E-state index in [9.17, 15) is 4.79 Å². The number of rotatable bonds is 1. The number of nitrogens with zero attached hydrogens (tertiary/aromatic N) is 1. The molecule has 1 rings (SSSR count). The highest BCUT2D eigenvalue weighted by Gasteiger charge is 2.14. The molecule has 0 bridgehead atoms. The molecule has 3 nitrogen and oxygen atoms in total. The minimum Gasteiger partial charge on any atom is -0.378 e. The minimum absolute atomic E-state index is 0. The van der Waals surface area contributed by atoms with Gasteiger partial charge in [-0.2, -0.15) is 0 Å². The Morgan fingerprint density at radius 3 is 2.45 bits per heavy atom. The Morgan fingerprint density at radius 2 is 2.00 bits per heavy atom. The summed E-state index contributed by atoms with van der Waals surface area (Å²) in [5.74, 6) is 0.0879. The second-order valence-corrected chi connectivity index (χ2v) is 2.39. The van der Waals surface area contributed by atoms with Crippen molar-refractivity contribution in [3.63, 3.8) is 0 Å². The normalized spacial score (nSPS) is 17.4. The van der Waals surface area contributed by atoms with Gasteiger partial charge in [-0.25, -0.2) is 0 Å². The molecular formula is C6H11Cl2NO2. The van der Waals surface area contributed by atoms with Crippen LogP contribution in [0.4, 0.5) is 0 Å². The van der Waals surface area contributed by atoms with Gasteiger partial charge in [0.2, 0.25) is 5.91 Å². The van der Waals surface area contributed by atoms with E-state index in [-0.39, 0.29) is 24.2 Å². The number of morpholine rings is 1. The molecule has 0 aliphatic carbocycles. The van der Waals surface area contributed by atoms with E-state index < -0.39 is 0 Å². The molecule has 1 heterocycles. The molecule has 0 saturated carbocycles. The van der Waals surface area contributed by atoms with Gasteiger partial charge in [0.15, 0.2) is 0 Å². The van der Waals surface area contributed by atoms with Crippen molar-refractivity contribution in [1.29, 1.82) is 0 Å². The quantitative estimate of drug-likeness (QED) is 0.577. The largest absolute Gasteiger partial charge is 0.378 e. The Hall–Kier alpha value is 0.01000. The molecular weight excluding hydrogens is 189 g/mol. The second-order valence-electron chi connectivity index (χ2n) is 2.13. The van der Waals surface area contributed by atoms with E-state index in [1.165, 1.54) is 0 Å². The molecule has 1 saturated heterocycles. The summed E-state index contributed by atoms with van der Waals surface area (Å²) in [5.41, 5.74) is 0. The van der Waals surface area contributed by atoms with Gasteiger partial charge in [0.05, 0.1) is 13.2 Å². The Morgan fingerprint density at radius 1 is 1.45 bits per heavy atom. The highest BCUT2D eigenvalue weighted by Crippen LogP contribution is 1.97. The first kappa shape index (κ1) is 11.0. The van der Waals surface area contributed by atoms with Gasteiger partial charge < -0.3 is 9.64 Å². The fourth-order valence-corrected chi connectivity index (χ4v) is 1.07. The number of carbonyl (C=O) groups is 1. The SMILES string of the molecule is Cl.O=C(CCl)N1CCOCC1. The first-order valence-corrected chi connectivity index (χ1v) is 3.79. The van der Waals surface area contributed by atoms with Crippen molar-refractivity contribution in [3.8, 4) is 0 Å². The summed E-state index contributed by atoms with van der Waals surface area (Å²) in [7, 11) is 0. The lowest BCUT2D eigenvalue weighted by atomic mass is 10.4. The first-order chi connectivity index (χ1) is 4.84. The van der Waals surface area contributed by atoms with Crippen LogP contribution < -0.4 is 0 Å². The third kappa shape index (κ3) is 3.27. The molecule has 11 heavy (non-hydrogen) atoms. The highest BCUT2D eigenvalue weighted by molar-refractivity contribution is 6.27. The van der Waals surface area contributed by atoms with Crippen LogP contribution in [-0.4, -0.2) is 43.0 Å². The predicted molar refractivity (Wildman–Crippen MR) is 45.4 cm³/mol. The van der Waals surface area contributed by atoms with E-state index in [1.807, 2.05) is 0 Å². The summed E-state index contributed by atoms with van der Waals surface area (Å²) in [5, 5.41) is 0. The van der Waals surface area contributed by atoms with E-state index in [0.29, 0.717) is 26.3 Å². The molecule has 1 fully saturated rings. The molecule has 0 aromatic rings. The Labute approximate surface area is 77.0 Å². The van der Waals surface area contributed by atoms with E-state index >= 15 is 0 Å². The van der Waals surface area contributed by atoms with Crippen LogP contribution in [0.1, 0.15) is 0 Å². The van der Waals surface area contributed by atoms with Crippen LogP contribution in [0.3, 0.4) is 0 Å². The van der Waals surface area contributed by atoms with Gasteiger partial charge in [0.1, 0.15) is 5.88 Å². The monoisotopic (exact) mass is 199 g/mol. The number of hydrogen-bond acceptors (Lipinski definition) is 2. The summed E-state index contributed by atoms with van der Waals surface area (Å²) in [6, 6.07) is 0. The molecule has 5 heteroatoms. The van der Waals surface area contributed by atoms with Crippen LogP contribution in [0, 0.1) is 0 Å². The molecule has 0 aromatic carbocycles. The molecule has 0 N–H and O–H groups in total. The number of halogens is 2. The number of alkyl halides is 1. The van der Waals surface area contributed by atoms with Gasteiger partial charge in [0, 0.05) is 13.1 Å². The summed E-state index contributed by atoms with van der Waals surface area (Å²) in [4.78, 5) is 12.6. The summed E-state index contributed by atoms with van der Waals surface area (Å²) >= 11 is 5.35. The number of hydrogen-bond donors (Lipinski definition) is 0. The van der Waals surface area contributed by atoms with Crippen LogP contribution in [0.25, 0.3) is 0 Å². The summed E-state index contributed by atoms with van der Waals surface area (Å²) in [6.45, 7) is 2.66. The maximum Gasteiger partial charge on any atom is 0.237 e. The van der Waals surface area contributed by atoms with Crippen LogP contribution in [0.15, 0.2) is 0 Å². The summed E-state index contributed by atoms with van der Waals surface area (Å²) in [6.07, 6.45) is 0.